The van der Waals surface area contributed by atoms with E-state index in [1.807, 2.05) is 13.8 Å². The van der Waals surface area contributed by atoms with Crippen LogP contribution in [0, 0.1) is 5.92 Å². The van der Waals surface area contributed by atoms with Gasteiger partial charge in [0.1, 0.15) is 0 Å². The second-order valence-corrected chi connectivity index (χ2v) is 5.21. The standard InChI is InChI=1S/C12H22F3NO/c1-3-11(17,4-2)10(16)7-5-9(6-8-10)12(13,14)15/h9,17H,3-8,16H2,1-2H3. The number of halogens is 3. The van der Waals surface area contributed by atoms with Crippen molar-refractivity contribution in [2.75, 3.05) is 0 Å². The Hall–Kier alpha value is -0.290. The van der Waals surface area contributed by atoms with E-state index < -0.39 is 23.2 Å². The van der Waals surface area contributed by atoms with Crippen LogP contribution in [0.5, 0.6) is 0 Å². The Bertz CT molecular complexity index is 253. The second-order valence-electron chi connectivity index (χ2n) is 5.21. The summed E-state index contributed by atoms with van der Waals surface area (Å²) in [6, 6.07) is 0. The van der Waals surface area contributed by atoms with Crippen molar-refractivity contribution >= 4 is 0 Å². The molecule has 0 unspecified atom stereocenters. The van der Waals surface area contributed by atoms with Gasteiger partial charge in [-0.3, -0.25) is 0 Å². The number of hydrogen-bond donors (Lipinski definition) is 2. The van der Waals surface area contributed by atoms with E-state index in [1.54, 1.807) is 0 Å². The molecule has 0 heterocycles. The summed E-state index contributed by atoms with van der Waals surface area (Å²) >= 11 is 0. The molecular formula is C12H22F3NO. The number of rotatable bonds is 3. The maximum absolute atomic E-state index is 12.6. The van der Waals surface area contributed by atoms with Gasteiger partial charge in [0, 0.05) is 5.54 Å². The van der Waals surface area contributed by atoms with E-state index in [1.165, 1.54) is 0 Å². The number of alkyl halides is 3. The fraction of sp³-hybridized carbons (Fsp3) is 1.00. The van der Waals surface area contributed by atoms with Gasteiger partial charge in [0.05, 0.1) is 11.5 Å². The van der Waals surface area contributed by atoms with Crippen LogP contribution < -0.4 is 5.73 Å². The SMILES string of the molecule is CCC(O)(CC)C1(N)CCC(C(F)(F)F)CC1. The molecule has 3 N–H and O–H groups in total. The zero-order valence-electron chi connectivity index (χ0n) is 10.5. The largest absolute Gasteiger partial charge is 0.391 e. The summed E-state index contributed by atoms with van der Waals surface area (Å²) in [6.07, 6.45) is -2.61. The lowest BCUT2D eigenvalue weighted by Gasteiger charge is -2.48. The molecule has 2 nitrogen and oxygen atoms in total. The van der Waals surface area contributed by atoms with Crippen molar-refractivity contribution in [2.45, 2.75) is 69.7 Å². The van der Waals surface area contributed by atoms with Gasteiger partial charge in [-0.2, -0.15) is 13.2 Å². The van der Waals surface area contributed by atoms with E-state index in [0.29, 0.717) is 12.8 Å². The average Bonchev–Trinajstić information content (AvgIpc) is 2.27. The third-order valence-corrected chi connectivity index (χ3v) is 4.44. The normalized spacial score (nSPS) is 31.6. The zero-order valence-corrected chi connectivity index (χ0v) is 10.5. The lowest BCUT2D eigenvalue weighted by molar-refractivity contribution is -0.190. The van der Waals surface area contributed by atoms with Gasteiger partial charge in [0.2, 0.25) is 0 Å². The fourth-order valence-corrected chi connectivity index (χ4v) is 2.88. The first-order valence-electron chi connectivity index (χ1n) is 6.26. The van der Waals surface area contributed by atoms with Gasteiger partial charge in [0.25, 0.3) is 0 Å². The Balaban J connectivity index is 2.73. The van der Waals surface area contributed by atoms with Crippen LogP contribution in [0.4, 0.5) is 13.2 Å². The molecule has 17 heavy (non-hydrogen) atoms. The maximum Gasteiger partial charge on any atom is 0.391 e. The van der Waals surface area contributed by atoms with E-state index in [0.717, 1.165) is 0 Å². The Morgan fingerprint density at radius 1 is 1.18 bits per heavy atom. The van der Waals surface area contributed by atoms with E-state index in [9.17, 15) is 18.3 Å². The van der Waals surface area contributed by atoms with Crippen LogP contribution in [0.15, 0.2) is 0 Å². The van der Waals surface area contributed by atoms with Gasteiger partial charge in [-0.05, 0) is 38.5 Å². The van der Waals surface area contributed by atoms with E-state index in [2.05, 4.69) is 0 Å². The molecule has 102 valence electrons. The smallest absolute Gasteiger partial charge is 0.388 e. The predicted octanol–water partition coefficient (Wildman–Crippen LogP) is 2.99. The molecule has 5 heteroatoms. The monoisotopic (exact) mass is 253 g/mol. The molecule has 0 spiro atoms. The van der Waals surface area contributed by atoms with Gasteiger partial charge in [-0.15, -0.1) is 0 Å². The molecule has 0 saturated heterocycles. The van der Waals surface area contributed by atoms with Crippen molar-refractivity contribution in [3.63, 3.8) is 0 Å². The number of hydrogen-bond acceptors (Lipinski definition) is 2. The Morgan fingerprint density at radius 3 is 1.88 bits per heavy atom. The molecule has 0 atom stereocenters. The summed E-state index contributed by atoms with van der Waals surface area (Å²) < 4.78 is 37.7. The zero-order chi connectivity index (χ0) is 13.3. The lowest BCUT2D eigenvalue weighted by Crippen LogP contribution is -2.62. The minimum atomic E-state index is -4.13. The van der Waals surface area contributed by atoms with E-state index in [-0.39, 0.29) is 25.7 Å². The van der Waals surface area contributed by atoms with Crippen LogP contribution in [0.25, 0.3) is 0 Å². The van der Waals surface area contributed by atoms with Crippen molar-refractivity contribution in [1.29, 1.82) is 0 Å². The first-order chi connectivity index (χ1) is 7.68. The minimum absolute atomic E-state index is 0.0301. The third kappa shape index (κ3) is 2.76. The van der Waals surface area contributed by atoms with Gasteiger partial charge >= 0.3 is 6.18 Å². The summed E-state index contributed by atoms with van der Waals surface area (Å²) in [4.78, 5) is 0. The Kier molecular flexibility index (Phi) is 4.14. The van der Waals surface area contributed by atoms with E-state index >= 15 is 0 Å². The molecule has 1 aliphatic rings. The highest BCUT2D eigenvalue weighted by Crippen LogP contribution is 2.45. The van der Waals surface area contributed by atoms with Crippen LogP contribution >= 0.6 is 0 Å². The highest BCUT2D eigenvalue weighted by atomic mass is 19.4. The highest BCUT2D eigenvalue weighted by Gasteiger charge is 2.51. The van der Waals surface area contributed by atoms with E-state index in [4.69, 9.17) is 5.73 Å². The Morgan fingerprint density at radius 2 is 1.59 bits per heavy atom. The molecule has 1 fully saturated rings. The topological polar surface area (TPSA) is 46.2 Å². The summed E-state index contributed by atoms with van der Waals surface area (Å²) in [5.74, 6) is -1.25. The molecular weight excluding hydrogens is 231 g/mol. The lowest BCUT2D eigenvalue weighted by atomic mass is 9.66. The molecule has 0 bridgehead atoms. The van der Waals surface area contributed by atoms with Gasteiger partial charge in [-0.1, -0.05) is 13.8 Å². The van der Waals surface area contributed by atoms with Gasteiger partial charge in [0.15, 0.2) is 0 Å². The molecule has 0 radical (unpaired) electrons. The molecule has 1 rings (SSSR count). The minimum Gasteiger partial charge on any atom is -0.388 e. The van der Waals surface area contributed by atoms with Crippen LogP contribution in [0.2, 0.25) is 0 Å². The van der Waals surface area contributed by atoms with Gasteiger partial charge in [-0.25, -0.2) is 0 Å². The first kappa shape index (κ1) is 14.8. The summed E-state index contributed by atoms with van der Waals surface area (Å²) in [6.45, 7) is 3.65. The molecule has 0 aromatic rings. The average molecular weight is 253 g/mol. The fourth-order valence-electron chi connectivity index (χ4n) is 2.88. The van der Waals surface area contributed by atoms with Crippen molar-refractivity contribution in [3.05, 3.63) is 0 Å². The van der Waals surface area contributed by atoms with Crippen molar-refractivity contribution in [2.24, 2.45) is 11.7 Å². The maximum atomic E-state index is 12.6. The third-order valence-electron chi connectivity index (χ3n) is 4.44. The molecule has 0 aromatic heterocycles. The highest BCUT2D eigenvalue weighted by molar-refractivity contribution is 5.05. The van der Waals surface area contributed by atoms with Crippen LogP contribution in [0.3, 0.4) is 0 Å². The summed E-state index contributed by atoms with van der Waals surface area (Å²) in [5, 5.41) is 10.4. The molecule has 1 aliphatic carbocycles. The molecule has 0 aromatic carbocycles. The first-order valence-corrected chi connectivity index (χ1v) is 6.26. The predicted molar refractivity (Wildman–Crippen MR) is 60.5 cm³/mol. The van der Waals surface area contributed by atoms with Crippen molar-refractivity contribution in [3.8, 4) is 0 Å². The van der Waals surface area contributed by atoms with Gasteiger partial charge < -0.3 is 10.8 Å². The quantitative estimate of drug-likeness (QED) is 0.812. The molecule has 1 saturated carbocycles. The summed E-state index contributed by atoms with van der Waals surface area (Å²) in [5.41, 5.74) is 4.25. The Labute approximate surface area is 100 Å². The molecule has 0 aliphatic heterocycles. The molecule has 0 amide bonds. The van der Waals surface area contributed by atoms with Crippen LogP contribution in [-0.2, 0) is 0 Å². The van der Waals surface area contributed by atoms with Crippen LogP contribution in [-0.4, -0.2) is 22.4 Å². The number of aliphatic hydroxyl groups is 1. The van der Waals surface area contributed by atoms with Crippen molar-refractivity contribution < 1.29 is 18.3 Å². The second kappa shape index (κ2) is 4.76. The van der Waals surface area contributed by atoms with Crippen molar-refractivity contribution in [1.82, 2.24) is 0 Å². The van der Waals surface area contributed by atoms with Crippen LogP contribution in [0.1, 0.15) is 52.4 Å². The summed E-state index contributed by atoms with van der Waals surface area (Å²) in [7, 11) is 0. The number of nitrogens with two attached hydrogens (primary N) is 1.